The molecule has 0 atom stereocenters. The van der Waals surface area contributed by atoms with E-state index in [2.05, 4.69) is 71.7 Å². The SMILES string of the molecule is CC(C)(C)c1ccc(C#CBr)cc1. The molecule has 1 aromatic rings. The van der Waals surface area contributed by atoms with Gasteiger partial charge in [-0.1, -0.05) is 38.8 Å². The summed E-state index contributed by atoms with van der Waals surface area (Å²) >= 11 is 3.08. The van der Waals surface area contributed by atoms with Crippen LogP contribution in [0.5, 0.6) is 0 Å². The van der Waals surface area contributed by atoms with Crippen LogP contribution in [0.1, 0.15) is 31.9 Å². The maximum Gasteiger partial charge on any atom is 0.0254 e. The second-order valence-electron chi connectivity index (χ2n) is 4.05. The number of halogens is 1. The molecule has 13 heavy (non-hydrogen) atoms. The molecule has 0 saturated heterocycles. The van der Waals surface area contributed by atoms with Gasteiger partial charge in [-0.15, -0.1) is 0 Å². The molecular weight excluding hydrogens is 224 g/mol. The Morgan fingerprint density at radius 3 is 2.00 bits per heavy atom. The third-order valence-electron chi connectivity index (χ3n) is 1.94. The van der Waals surface area contributed by atoms with Crippen molar-refractivity contribution in [2.75, 3.05) is 0 Å². The van der Waals surface area contributed by atoms with Gasteiger partial charge in [0.1, 0.15) is 0 Å². The molecule has 0 aliphatic carbocycles. The smallest absolute Gasteiger partial charge is 0.0254 e. The van der Waals surface area contributed by atoms with Gasteiger partial charge in [0, 0.05) is 21.5 Å². The third-order valence-corrected chi connectivity index (χ3v) is 2.14. The molecule has 0 fully saturated rings. The topological polar surface area (TPSA) is 0 Å². The van der Waals surface area contributed by atoms with Crippen molar-refractivity contribution in [1.82, 2.24) is 0 Å². The van der Waals surface area contributed by atoms with Crippen molar-refractivity contribution in [2.45, 2.75) is 26.2 Å². The first-order chi connectivity index (χ1) is 6.04. The second kappa shape index (κ2) is 3.98. The maximum atomic E-state index is 3.08. The maximum absolute atomic E-state index is 3.08. The van der Waals surface area contributed by atoms with Crippen LogP contribution in [0.4, 0.5) is 0 Å². The molecule has 68 valence electrons. The van der Waals surface area contributed by atoms with E-state index in [1.165, 1.54) is 5.56 Å². The predicted octanol–water partition coefficient (Wildman–Crippen LogP) is 3.69. The lowest BCUT2D eigenvalue weighted by atomic mass is 9.87. The van der Waals surface area contributed by atoms with E-state index in [1.54, 1.807) is 0 Å². The summed E-state index contributed by atoms with van der Waals surface area (Å²) in [6.07, 6.45) is 0. The molecule has 0 aliphatic rings. The fourth-order valence-electron chi connectivity index (χ4n) is 1.11. The predicted molar refractivity (Wildman–Crippen MR) is 60.9 cm³/mol. The van der Waals surface area contributed by atoms with E-state index in [0.29, 0.717) is 0 Å². The lowest BCUT2D eigenvalue weighted by Crippen LogP contribution is -2.10. The highest BCUT2D eigenvalue weighted by atomic mass is 79.9. The highest BCUT2D eigenvalue weighted by Gasteiger charge is 2.12. The quantitative estimate of drug-likeness (QED) is 0.603. The molecule has 0 unspecified atom stereocenters. The van der Waals surface area contributed by atoms with Crippen LogP contribution in [0, 0.1) is 10.8 Å². The molecule has 1 aromatic carbocycles. The van der Waals surface area contributed by atoms with E-state index in [-0.39, 0.29) is 5.41 Å². The first-order valence-corrected chi connectivity index (χ1v) is 5.05. The van der Waals surface area contributed by atoms with Gasteiger partial charge >= 0.3 is 0 Å². The standard InChI is InChI=1S/C12H13Br/c1-12(2,3)11-6-4-10(5-7-11)8-9-13/h4-7H,1-3H3. The van der Waals surface area contributed by atoms with Gasteiger partial charge in [-0.2, -0.15) is 0 Å². The minimum absolute atomic E-state index is 0.223. The van der Waals surface area contributed by atoms with Gasteiger partial charge in [0.15, 0.2) is 0 Å². The minimum atomic E-state index is 0.223. The van der Waals surface area contributed by atoms with E-state index >= 15 is 0 Å². The normalized spacial score (nSPS) is 10.5. The summed E-state index contributed by atoms with van der Waals surface area (Å²) in [5.74, 6) is 2.95. The molecule has 1 rings (SSSR count). The molecule has 1 heteroatoms. The molecular formula is C12H13Br. The molecule has 0 saturated carbocycles. The average Bonchev–Trinajstić information content (AvgIpc) is 2.04. The van der Waals surface area contributed by atoms with Gasteiger partial charge in [-0.3, -0.25) is 0 Å². The van der Waals surface area contributed by atoms with Gasteiger partial charge in [-0.05, 0) is 27.9 Å². The molecule has 0 nitrogen and oxygen atoms in total. The van der Waals surface area contributed by atoms with Crippen LogP contribution in [0.25, 0.3) is 0 Å². The summed E-state index contributed by atoms with van der Waals surface area (Å²) in [7, 11) is 0. The van der Waals surface area contributed by atoms with E-state index in [1.807, 2.05) is 0 Å². The molecule has 0 bridgehead atoms. The fraction of sp³-hybridized carbons (Fsp3) is 0.333. The van der Waals surface area contributed by atoms with Crippen LogP contribution >= 0.6 is 15.9 Å². The monoisotopic (exact) mass is 236 g/mol. The second-order valence-corrected chi connectivity index (χ2v) is 4.44. The van der Waals surface area contributed by atoms with Crippen molar-refractivity contribution in [3.8, 4) is 10.8 Å². The van der Waals surface area contributed by atoms with Crippen LogP contribution < -0.4 is 0 Å². The molecule has 0 N–H and O–H groups in total. The Morgan fingerprint density at radius 1 is 1.08 bits per heavy atom. The largest absolute Gasteiger partial charge is 0.0573 e. The summed E-state index contributed by atoms with van der Waals surface area (Å²) in [6, 6.07) is 8.36. The lowest BCUT2D eigenvalue weighted by molar-refractivity contribution is 0.590. The van der Waals surface area contributed by atoms with Gasteiger partial charge in [0.2, 0.25) is 0 Å². The van der Waals surface area contributed by atoms with Crippen molar-refractivity contribution in [2.24, 2.45) is 0 Å². The van der Waals surface area contributed by atoms with Crippen molar-refractivity contribution in [3.05, 3.63) is 35.4 Å². The molecule has 0 heterocycles. The number of rotatable bonds is 0. The first-order valence-electron chi connectivity index (χ1n) is 4.26. The average molecular weight is 237 g/mol. The Labute approximate surface area is 88.5 Å². The highest BCUT2D eigenvalue weighted by Crippen LogP contribution is 2.21. The number of hydrogen-bond donors (Lipinski definition) is 0. The molecule has 0 aromatic heterocycles. The van der Waals surface area contributed by atoms with Crippen molar-refractivity contribution >= 4 is 15.9 Å². The Hall–Kier alpha value is -0.740. The van der Waals surface area contributed by atoms with Crippen LogP contribution in [0.2, 0.25) is 0 Å². The molecule has 0 aliphatic heterocycles. The van der Waals surface area contributed by atoms with Gasteiger partial charge in [-0.25, -0.2) is 0 Å². The third kappa shape index (κ3) is 2.90. The van der Waals surface area contributed by atoms with Crippen molar-refractivity contribution in [1.29, 1.82) is 0 Å². The Balaban J connectivity index is 2.98. The summed E-state index contributed by atoms with van der Waals surface area (Å²) in [6.45, 7) is 6.62. The fourth-order valence-corrected chi connectivity index (χ4v) is 1.34. The molecule has 0 spiro atoms. The van der Waals surface area contributed by atoms with Crippen LogP contribution in [0.15, 0.2) is 24.3 Å². The minimum Gasteiger partial charge on any atom is -0.0573 e. The molecule has 0 amide bonds. The summed E-state index contributed by atoms with van der Waals surface area (Å²) in [4.78, 5) is 2.70. The zero-order chi connectivity index (χ0) is 9.90. The van der Waals surface area contributed by atoms with Crippen LogP contribution in [0.3, 0.4) is 0 Å². The number of hydrogen-bond acceptors (Lipinski definition) is 0. The zero-order valence-electron chi connectivity index (χ0n) is 8.19. The van der Waals surface area contributed by atoms with Crippen molar-refractivity contribution in [3.63, 3.8) is 0 Å². The highest BCUT2D eigenvalue weighted by molar-refractivity contribution is 9.12. The van der Waals surface area contributed by atoms with E-state index in [0.717, 1.165) is 5.56 Å². The van der Waals surface area contributed by atoms with Crippen LogP contribution in [-0.2, 0) is 5.41 Å². The van der Waals surface area contributed by atoms with Crippen LogP contribution in [-0.4, -0.2) is 0 Å². The lowest BCUT2D eigenvalue weighted by Gasteiger charge is -2.18. The van der Waals surface area contributed by atoms with Crippen molar-refractivity contribution < 1.29 is 0 Å². The van der Waals surface area contributed by atoms with E-state index < -0.39 is 0 Å². The van der Waals surface area contributed by atoms with E-state index in [4.69, 9.17) is 0 Å². The van der Waals surface area contributed by atoms with Gasteiger partial charge < -0.3 is 0 Å². The first kappa shape index (κ1) is 10.3. The Morgan fingerprint density at radius 2 is 1.62 bits per heavy atom. The molecule has 0 radical (unpaired) electrons. The summed E-state index contributed by atoms with van der Waals surface area (Å²) < 4.78 is 0. The van der Waals surface area contributed by atoms with Gasteiger partial charge in [0.25, 0.3) is 0 Å². The Bertz CT molecular complexity index is 330. The Kier molecular flexibility index (Phi) is 3.17. The van der Waals surface area contributed by atoms with Gasteiger partial charge in [0.05, 0.1) is 0 Å². The van der Waals surface area contributed by atoms with E-state index in [9.17, 15) is 0 Å². The summed E-state index contributed by atoms with van der Waals surface area (Å²) in [5.41, 5.74) is 2.61. The summed E-state index contributed by atoms with van der Waals surface area (Å²) in [5, 5.41) is 0. The number of benzene rings is 1. The zero-order valence-corrected chi connectivity index (χ0v) is 9.77.